The molecule has 0 bridgehead atoms. The van der Waals surface area contributed by atoms with Gasteiger partial charge in [-0.15, -0.1) is 0 Å². The fourth-order valence-electron chi connectivity index (χ4n) is 5.68. The van der Waals surface area contributed by atoms with Gasteiger partial charge >= 0.3 is 0 Å². The second kappa shape index (κ2) is 25.1. The largest absolute Gasteiger partial charge is 0.490 e. The number of unbranched alkanes of at least 4 members (excludes halogenated alkanes) is 1. The van der Waals surface area contributed by atoms with Crippen molar-refractivity contribution >= 4 is 5.91 Å². The highest BCUT2D eigenvalue weighted by molar-refractivity contribution is 5.95. The Morgan fingerprint density at radius 2 is 0.978 bits per heavy atom. The van der Waals surface area contributed by atoms with Crippen molar-refractivity contribution < 1.29 is 19.0 Å². The van der Waals surface area contributed by atoms with Gasteiger partial charge in [0, 0.05) is 18.7 Å². The fraction of sp³-hybridized carbons (Fsp3) is 0.825. The number of hydrogen-bond donors (Lipinski definition) is 2. The third kappa shape index (κ3) is 20.3. The number of ether oxygens (including phenoxy) is 3. The summed E-state index contributed by atoms with van der Waals surface area (Å²) in [7, 11) is 0. The van der Waals surface area contributed by atoms with Gasteiger partial charge in [0.25, 0.3) is 5.91 Å². The van der Waals surface area contributed by atoms with Crippen molar-refractivity contribution in [1.82, 2.24) is 5.32 Å². The number of benzene rings is 1. The van der Waals surface area contributed by atoms with E-state index >= 15 is 0 Å². The van der Waals surface area contributed by atoms with Gasteiger partial charge in [-0.25, -0.2) is 0 Å². The number of nitrogens with two attached hydrogens (primary N) is 1. The monoisotopic (exact) mass is 647 g/mol. The maximum absolute atomic E-state index is 13.1. The van der Waals surface area contributed by atoms with Gasteiger partial charge in [0.2, 0.25) is 5.75 Å². The van der Waals surface area contributed by atoms with E-state index in [9.17, 15) is 4.79 Å². The minimum Gasteiger partial charge on any atom is -0.490 e. The van der Waals surface area contributed by atoms with E-state index in [1.165, 1.54) is 64.2 Å². The lowest BCUT2D eigenvalue weighted by atomic mass is 9.97. The van der Waals surface area contributed by atoms with Crippen molar-refractivity contribution in [3.8, 4) is 17.2 Å². The molecule has 0 unspecified atom stereocenters. The smallest absolute Gasteiger partial charge is 0.251 e. The summed E-state index contributed by atoms with van der Waals surface area (Å²) in [5, 5.41) is 2.91. The van der Waals surface area contributed by atoms with Crippen LogP contribution in [-0.2, 0) is 0 Å². The number of carbonyl (C=O) groups excluding carboxylic acids is 1. The summed E-state index contributed by atoms with van der Waals surface area (Å²) >= 11 is 0. The van der Waals surface area contributed by atoms with Gasteiger partial charge in [-0.3, -0.25) is 4.79 Å². The lowest BCUT2D eigenvalue weighted by Crippen LogP contribution is -2.29. The van der Waals surface area contributed by atoms with Gasteiger partial charge in [-0.05, 0) is 66.9 Å². The zero-order valence-corrected chi connectivity index (χ0v) is 31.6. The number of nitrogens with one attached hydrogen (secondary N) is 1. The minimum atomic E-state index is -0.175. The van der Waals surface area contributed by atoms with Crippen molar-refractivity contribution in [2.24, 2.45) is 41.2 Å². The van der Waals surface area contributed by atoms with E-state index in [4.69, 9.17) is 19.9 Å². The van der Waals surface area contributed by atoms with Crippen molar-refractivity contribution in [3.63, 3.8) is 0 Å². The van der Waals surface area contributed by atoms with Crippen LogP contribution in [0.1, 0.15) is 156 Å². The molecule has 0 fully saturated rings. The summed E-state index contributed by atoms with van der Waals surface area (Å²) in [6.45, 7) is 23.2. The van der Waals surface area contributed by atoms with Crippen LogP contribution in [0.3, 0.4) is 0 Å². The van der Waals surface area contributed by atoms with Gasteiger partial charge < -0.3 is 25.3 Å². The highest BCUT2D eigenvalue weighted by Gasteiger charge is 2.20. The Morgan fingerprint density at radius 3 is 1.41 bits per heavy atom. The van der Waals surface area contributed by atoms with Crippen LogP contribution in [-0.4, -0.2) is 38.8 Å². The Balaban J connectivity index is 3.09. The molecule has 0 spiro atoms. The van der Waals surface area contributed by atoms with Crippen LogP contribution >= 0.6 is 0 Å². The van der Waals surface area contributed by atoms with E-state index in [1.807, 2.05) is 12.1 Å². The maximum Gasteiger partial charge on any atom is 0.251 e. The van der Waals surface area contributed by atoms with Crippen LogP contribution in [0.25, 0.3) is 0 Å². The van der Waals surface area contributed by atoms with Crippen LogP contribution in [0.4, 0.5) is 0 Å². The Labute approximate surface area is 284 Å². The molecule has 1 rings (SSSR count). The molecule has 268 valence electrons. The van der Waals surface area contributed by atoms with Gasteiger partial charge in [0.15, 0.2) is 11.5 Å². The van der Waals surface area contributed by atoms with Crippen LogP contribution < -0.4 is 25.3 Å². The first-order chi connectivity index (χ1) is 21.9. The SMILES string of the molecule is CC(C)CCCC[C@@H](C)CCOc1cc(C(=O)NCCN)cc(OCC[C@H](C)CCCC(C)C)c1OCC[C@H](C)CCCC(C)C. The van der Waals surface area contributed by atoms with E-state index in [-0.39, 0.29) is 5.91 Å². The zero-order valence-electron chi connectivity index (χ0n) is 31.6. The van der Waals surface area contributed by atoms with Crippen molar-refractivity contribution in [3.05, 3.63) is 17.7 Å². The van der Waals surface area contributed by atoms with Gasteiger partial charge in [0.1, 0.15) is 0 Å². The Morgan fingerprint density at radius 1 is 0.587 bits per heavy atom. The normalized spacial score (nSPS) is 13.7. The van der Waals surface area contributed by atoms with E-state index in [1.54, 1.807) is 0 Å². The number of rotatable bonds is 28. The summed E-state index contributed by atoms with van der Waals surface area (Å²) in [5.74, 6) is 5.61. The second-order valence-corrected chi connectivity index (χ2v) is 15.4. The third-order valence-electron chi connectivity index (χ3n) is 8.99. The number of hydrogen-bond acceptors (Lipinski definition) is 5. The Kier molecular flexibility index (Phi) is 23.0. The molecule has 46 heavy (non-hydrogen) atoms. The fourth-order valence-corrected chi connectivity index (χ4v) is 5.68. The minimum absolute atomic E-state index is 0.175. The molecule has 0 aliphatic heterocycles. The average molecular weight is 647 g/mol. The molecule has 3 atom stereocenters. The molecule has 6 nitrogen and oxygen atoms in total. The molecule has 1 aromatic carbocycles. The van der Waals surface area contributed by atoms with Crippen molar-refractivity contribution in [2.45, 2.75) is 146 Å². The van der Waals surface area contributed by atoms with Crippen molar-refractivity contribution in [1.29, 1.82) is 0 Å². The first-order valence-corrected chi connectivity index (χ1v) is 19.0. The molecule has 6 heteroatoms. The predicted octanol–water partition coefficient (Wildman–Crippen LogP) is 10.5. The highest BCUT2D eigenvalue weighted by atomic mass is 16.5. The summed E-state index contributed by atoms with van der Waals surface area (Å²) in [5.41, 5.74) is 6.19. The molecule has 1 aromatic rings. The highest BCUT2D eigenvalue weighted by Crippen LogP contribution is 2.40. The number of amides is 1. The molecule has 0 aliphatic rings. The Hall–Kier alpha value is -1.95. The Bertz CT molecular complexity index is 917. The maximum atomic E-state index is 13.1. The summed E-state index contributed by atoms with van der Waals surface area (Å²) in [6, 6.07) is 3.64. The van der Waals surface area contributed by atoms with Gasteiger partial charge in [-0.1, -0.05) is 127 Å². The summed E-state index contributed by atoms with van der Waals surface area (Å²) < 4.78 is 19.3. The summed E-state index contributed by atoms with van der Waals surface area (Å²) in [6.07, 6.45) is 15.4. The second-order valence-electron chi connectivity index (χ2n) is 15.4. The first kappa shape index (κ1) is 42.1. The zero-order chi connectivity index (χ0) is 34.3. The quantitative estimate of drug-likeness (QED) is 0.0885. The third-order valence-corrected chi connectivity index (χ3v) is 8.99. The molecule has 1 amide bonds. The molecular weight excluding hydrogens is 572 g/mol. The molecule has 0 aliphatic carbocycles. The van der Waals surface area contributed by atoms with E-state index < -0.39 is 0 Å². The average Bonchev–Trinajstić information content (AvgIpc) is 2.98. The standard InChI is InChI=1S/C40H74N2O4/c1-30(2)14-10-11-17-33(7)20-25-44-37-28-36(40(43)42-24-23-41)29-38(45-26-21-34(8)18-12-15-31(3)4)39(37)46-27-22-35(9)19-13-16-32(5)6/h28-35H,10-27,41H2,1-9H3,(H,42,43)/t33-,34-,35-/m1/s1. The van der Waals surface area contributed by atoms with Crippen LogP contribution in [0, 0.1) is 35.5 Å². The number of carbonyl (C=O) groups is 1. The van der Waals surface area contributed by atoms with E-state index in [0.717, 1.165) is 37.0 Å². The van der Waals surface area contributed by atoms with E-state index in [2.05, 4.69) is 67.6 Å². The first-order valence-electron chi connectivity index (χ1n) is 19.0. The molecule has 3 N–H and O–H groups in total. The van der Waals surface area contributed by atoms with Crippen LogP contribution in [0.15, 0.2) is 12.1 Å². The van der Waals surface area contributed by atoms with Gasteiger partial charge in [-0.2, -0.15) is 0 Å². The molecule has 0 heterocycles. The van der Waals surface area contributed by atoms with Crippen LogP contribution in [0.2, 0.25) is 0 Å². The van der Waals surface area contributed by atoms with Gasteiger partial charge in [0.05, 0.1) is 19.8 Å². The summed E-state index contributed by atoms with van der Waals surface area (Å²) in [4.78, 5) is 13.1. The van der Waals surface area contributed by atoms with E-state index in [0.29, 0.717) is 73.5 Å². The van der Waals surface area contributed by atoms with Crippen LogP contribution in [0.5, 0.6) is 17.2 Å². The lowest BCUT2D eigenvalue weighted by Gasteiger charge is -2.21. The van der Waals surface area contributed by atoms with Crippen molar-refractivity contribution in [2.75, 3.05) is 32.9 Å². The predicted molar refractivity (Wildman–Crippen MR) is 196 cm³/mol. The molecule has 0 aromatic heterocycles. The molecule has 0 radical (unpaired) electrons. The molecular formula is C40H74N2O4. The lowest BCUT2D eigenvalue weighted by molar-refractivity contribution is 0.0953. The topological polar surface area (TPSA) is 82.8 Å². The molecule has 0 saturated carbocycles. The molecule has 0 saturated heterocycles.